The maximum Gasteiger partial charge on any atom is 0.319 e. The quantitative estimate of drug-likeness (QED) is 0.645. The molecule has 0 bridgehead atoms. The Morgan fingerprint density at radius 3 is 2.77 bits per heavy atom. The third-order valence-electron chi connectivity index (χ3n) is 2.54. The Bertz CT molecular complexity index is 629. The molecular weight excluding hydrogens is 322 g/mol. The first-order valence-electron chi connectivity index (χ1n) is 6.62. The normalized spacial score (nSPS) is 11.7. The second kappa shape index (κ2) is 7.90. The average Bonchev–Trinajstić information content (AvgIpc) is 3.04. The molecule has 1 amide bonds. The van der Waals surface area contributed by atoms with Crippen molar-refractivity contribution in [1.29, 1.82) is 0 Å². The van der Waals surface area contributed by atoms with E-state index in [2.05, 4.69) is 15.5 Å². The maximum absolute atomic E-state index is 11.9. The minimum atomic E-state index is -0.360. The highest BCUT2D eigenvalue weighted by Gasteiger charge is 2.16. The number of nitrogens with one attached hydrogen (secondary N) is 1. The molecule has 1 N–H and O–H groups in total. The van der Waals surface area contributed by atoms with Crippen molar-refractivity contribution >= 4 is 40.8 Å². The zero-order valence-corrected chi connectivity index (χ0v) is 13.7. The lowest BCUT2D eigenvalue weighted by Crippen LogP contribution is -2.17. The van der Waals surface area contributed by atoms with Crippen molar-refractivity contribution in [2.24, 2.45) is 0 Å². The number of aromatic nitrogens is 2. The number of carbonyl (C=O) groups is 2. The topological polar surface area (TPSA) is 81.2 Å². The summed E-state index contributed by atoms with van der Waals surface area (Å²) in [6.45, 7) is 3.86. The van der Waals surface area contributed by atoms with Gasteiger partial charge < -0.3 is 10.1 Å². The number of thiophene rings is 1. The Labute approximate surface area is 136 Å². The summed E-state index contributed by atoms with van der Waals surface area (Å²) in [5, 5.41) is 12.7. The summed E-state index contributed by atoms with van der Waals surface area (Å²) < 4.78 is 4.93. The highest BCUT2D eigenvalue weighted by atomic mass is 32.2. The first-order valence-corrected chi connectivity index (χ1v) is 8.38. The predicted octanol–water partition coefficient (Wildman–Crippen LogP) is 2.83. The molecule has 116 valence electrons. The number of carbonyl (C=O) groups excluding carboxylic acids is 2. The van der Waals surface area contributed by atoms with Crippen LogP contribution in [-0.2, 0) is 9.53 Å². The number of rotatable bonds is 6. The lowest BCUT2D eigenvalue weighted by molar-refractivity contribution is -0.142. The molecule has 0 aliphatic heterocycles. The number of thioether (sulfide) groups is 1. The highest BCUT2D eigenvalue weighted by molar-refractivity contribution is 8.00. The molecule has 1 unspecified atom stereocenters. The van der Waals surface area contributed by atoms with Gasteiger partial charge in [-0.05, 0) is 37.4 Å². The zero-order valence-electron chi connectivity index (χ0n) is 12.1. The molecule has 0 spiro atoms. The van der Waals surface area contributed by atoms with Gasteiger partial charge in [0.15, 0.2) is 5.82 Å². The van der Waals surface area contributed by atoms with Gasteiger partial charge in [0, 0.05) is 0 Å². The molecule has 8 heteroatoms. The summed E-state index contributed by atoms with van der Waals surface area (Å²) in [6, 6.07) is 6.90. The van der Waals surface area contributed by atoms with Crippen LogP contribution in [0.3, 0.4) is 0 Å². The van der Waals surface area contributed by atoms with E-state index >= 15 is 0 Å². The second-order valence-electron chi connectivity index (χ2n) is 4.20. The number of hydrogen-bond acceptors (Lipinski definition) is 7. The van der Waals surface area contributed by atoms with Crippen molar-refractivity contribution in [3.63, 3.8) is 0 Å². The summed E-state index contributed by atoms with van der Waals surface area (Å²) in [5.41, 5.74) is 0. The Balaban J connectivity index is 1.93. The molecule has 0 saturated carbocycles. The Hall–Kier alpha value is -1.93. The van der Waals surface area contributed by atoms with Crippen molar-refractivity contribution in [1.82, 2.24) is 10.2 Å². The third-order valence-corrected chi connectivity index (χ3v) is 4.42. The largest absolute Gasteiger partial charge is 0.465 e. The van der Waals surface area contributed by atoms with E-state index in [1.165, 1.54) is 23.1 Å². The fourth-order valence-corrected chi connectivity index (χ4v) is 2.90. The summed E-state index contributed by atoms with van der Waals surface area (Å²) in [4.78, 5) is 24.0. The summed E-state index contributed by atoms with van der Waals surface area (Å²) in [5.74, 6) is -0.138. The fourth-order valence-electron chi connectivity index (χ4n) is 1.52. The minimum Gasteiger partial charge on any atom is -0.465 e. The molecular formula is C14H15N3O3S2. The van der Waals surface area contributed by atoms with Crippen LogP contribution in [0.4, 0.5) is 5.82 Å². The van der Waals surface area contributed by atoms with Crippen LogP contribution in [0.1, 0.15) is 23.5 Å². The lowest BCUT2D eigenvalue weighted by Gasteiger charge is -2.09. The Morgan fingerprint density at radius 2 is 2.18 bits per heavy atom. The molecule has 0 aromatic carbocycles. The van der Waals surface area contributed by atoms with Crippen LogP contribution in [0.15, 0.2) is 34.7 Å². The van der Waals surface area contributed by atoms with Gasteiger partial charge in [0.2, 0.25) is 0 Å². The molecule has 2 aromatic heterocycles. The number of hydrogen-bond donors (Lipinski definition) is 1. The number of esters is 1. The van der Waals surface area contributed by atoms with Crippen LogP contribution >= 0.6 is 23.1 Å². The molecule has 6 nitrogen and oxygen atoms in total. The molecule has 2 aromatic rings. The van der Waals surface area contributed by atoms with Gasteiger partial charge in [-0.2, -0.15) is 0 Å². The smallest absolute Gasteiger partial charge is 0.319 e. The molecule has 2 rings (SSSR count). The first kappa shape index (κ1) is 16.4. The van der Waals surface area contributed by atoms with Gasteiger partial charge in [-0.25, -0.2) is 0 Å². The van der Waals surface area contributed by atoms with E-state index in [4.69, 9.17) is 4.74 Å². The molecule has 0 aliphatic carbocycles. The molecule has 1 atom stereocenters. The molecule has 2 heterocycles. The van der Waals surface area contributed by atoms with Crippen molar-refractivity contribution in [2.75, 3.05) is 11.9 Å². The van der Waals surface area contributed by atoms with Crippen LogP contribution in [0, 0.1) is 0 Å². The van der Waals surface area contributed by atoms with Gasteiger partial charge in [-0.15, -0.1) is 21.5 Å². The molecule has 0 fully saturated rings. The number of anilines is 1. The van der Waals surface area contributed by atoms with Gasteiger partial charge >= 0.3 is 5.97 Å². The minimum absolute atomic E-state index is 0.218. The van der Waals surface area contributed by atoms with E-state index in [-0.39, 0.29) is 17.1 Å². The predicted molar refractivity (Wildman–Crippen MR) is 86.3 cm³/mol. The van der Waals surface area contributed by atoms with Crippen LogP contribution in [-0.4, -0.2) is 33.9 Å². The first-order chi connectivity index (χ1) is 10.6. The molecule has 0 saturated heterocycles. The van der Waals surface area contributed by atoms with Crippen LogP contribution < -0.4 is 5.32 Å². The zero-order chi connectivity index (χ0) is 15.9. The number of nitrogens with zero attached hydrogens (tertiary/aromatic N) is 2. The number of ether oxygens (including phenoxy) is 1. The summed E-state index contributed by atoms with van der Waals surface area (Å²) >= 11 is 2.61. The van der Waals surface area contributed by atoms with Gasteiger partial charge in [0.25, 0.3) is 5.91 Å². The van der Waals surface area contributed by atoms with Gasteiger partial charge in [0.05, 0.1) is 11.5 Å². The molecule has 22 heavy (non-hydrogen) atoms. The van der Waals surface area contributed by atoms with E-state index in [0.29, 0.717) is 22.3 Å². The van der Waals surface area contributed by atoms with Crippen molar-refractivity contribution < 1.29 is 14.3 Å². The molecule has 0 radical (unpaired) electrons. The maximum atomic E-state index is 11.9. The van der Waals surface area contributed by atoms with E-state index in [1.54, 1.807) is 32.0 Å². The van der Waals surface area contributed by atoms with Crippen LogP contribution in [0.2, 0.25) is 0 Å². The third kappa shape index (κ3) is 4.54. The monoisotopic (exact) mass is 337 g/mol. The molecule has 0 aliphatic rings. The van der Waals surface area contributed by atoms with E-state index in [0.717, 1.165) is 0 Å². The van der Waals surface area contributed by atoms with Crippen LogP contribution in [0.25, 0.3) is 0 Å². The SMILES string of the molecule is CCOC(=O)C(C)Sc1ccc(NC(=O)c2cccs2)nn1. The van der Waals surface area contributed by atoms with Crippen molar-refractivity contribution in [3.05, 3.63) is 34.5 Å². The van der Waals surface area contributed by atoms with Crippen molar-refractivity contribution in [3.8, 4) is 0 Å². The Morgan fingerprint density at radius 1 is 1.36 bits per heavy atom. The number of amides is 1. The summed E-state index contributed by atoms with van der Waals surface area (Å²) in [6.07, 6.45) is 0. The van der Waals surface area contributed by atoms with Gasteiger partial charge in [0.1, 0.15) is 10.3 Å². The second-order valence-corrected chi connectivity index (χ2v) is 6.51. The van der Waals surface area contributed by atoms with E-state index in [9.17, 15) is 9.59 Å². The van der Waals surface area contributed by atoms with E-state index < -0.39 is 0 Å². The fraction of sp³-hybridized carbons (Fsp3) is 0.286. The standard InChI is InChI=1S/C14H15N3O3S2/c1-3-20-14(19)9(2)22-12-7-6-11(16-17-12)15-13(18)10-5-4-8-21-10/h4-9H,3H2,1-2H3,(H,15,16,18). The van der Waals surface area contributed by atoms with E-state index in [1.807, 2.05) is 11.4 Å². The van der Waals surface area contributed by atoms with Crippen molar-refractivity contribution in [2.45, 2.75) is 24.1 Å². The van der Waals surface area contributed by atoms with Gasteiger partial charge in [-0.1, -0.05) is 17.8 Å². The lowest BCUT2D eigenvalue weighted by atomic mass is 10.4. The average molecular weight is 337 g/mol. The Kier molecular flexibility index (Phi) is 5.91. The van der Waals surface area contributed by atoms with Gasteiger partial charge in [-0.3, -0.25) is 9.59 Å². The highest BCUT2D eigenvalue weighted by Crippen LogP contribution is 2.22. The summed E-state index contributed by atoms with van der Waals surface area (Å²) in [7, 11) is 0. The van der Waals surface area contributed by atoms with Crippen LogP contribution in [0.5, 0.6) is 0 Å².